The van der Waals surface area contributed by atoms with Gasteiger partial charge in [0.1, 0.15) is 0 Å². The monoisotopic (exact) mass is 136 g/mol. The number of aliphatic hydroxyl groups is 1. The first kappa shape index (κ1) is 15.7. The van der Waals surface area contributed by atoms with E-state index in [-0.39, 0.29) is 24.0 Å². The SMILES string of the molecule is CC(=O)O.CCO.[AlH3]. The molecule has 4 heteroatoms. The summed E-state index contributed by atoms with van der Waals surface area (Å²) in [4.78, 5) is 9.00. The van der Waals surface area contributed by atoms with Crippen LogP contribution in [-0.2, 0) is 4.79 Å². The molecule has 0 aliphatic heterocycles. The molecule has 0 unspecified atom stereocenters. The first-order valence-electron chi connectivity index (χ1n) is 1.95. The van der Waals surface area contributed by atoms with Crippen molar-refractivity contribution in [3.63, 3.8) is 0 Å². The minimum Gasteiger partial charge on any atom is -0.481 e. The van der Waals surface area contributed by atoms with Gasteiger partial charge in [-0.05, 0) is 6.92 Å². The molecule has 0 aliphatic carbocycles. The number of aliphatic hydroxyl groups excluding tert-OH is 1. The summed E-state index contributed by atoms with van der Waals surface area (Å²) in [5, 5.41) is 15.0. The highest BCUT2D eigenvalue weighted by molar-refractivity contribution is 5.75. The zero-order chi connectivity index (χ0) is 6.28. The topological polar surface area (TPSA) is 57.5 Å². The third-order valence-corrected chi connectivity index (χ3v) is 0. The molecule has 0 radical (unpaired) electrons. The fourth-order valence-corrected chi connectivity index (χ4v) is 0. The lowest BCUT2D eigenvalue weighted by Crippen LogP contribution is -1.78. The average molecular weight is 136 g/mol. The Hall–Kier alpha value is -0.0375. The van der Waals surface area contributed by atoms with Crippen LogP contribution in [0.15, 0.2) is 0 Å². The Bertz CT molecular complexity index is 42.5. The Morgan fingerprint density at radius 3 is 1.62 bits per heavy atom. The molecule has 0 saturated heterocycles. The molecule has 0 atom stereocenters. The smallest absolute Gasteiger partial charge is 0.300 e. The first-order valence-corrected chi connectivity index (χ1v) is 1.95. The van der Waals surface area contributed by atoms with Gasteiger partial charge in [0.15, 0.2) is 17.4 Å². The van der Waals surface area contributed by atoms with Crippen LogP contribution in [0.5, 0.6) is 0 Å². The highest BCUT2D eigenvalue weighted by Gasteiger charge is 1.65. The van der Waals surface area contributed by atoms with Crippen LogP contribution in [0.2, 0.25) is 0 Å². The average Bonchev–Trinajstić information content (AvgIpc) is 1.33. The van der Waals surface area contributed by atoms with Crippen molar-refractivity contribution >= 4 is 23.3 Å². The van der Waals surface area contributed by atoms with E-state index in [0.29, 0.717) is 0 Å². The number of hydrogen-bond donors (Lipinski definition) is 2. The van der Waals surface area contributed by atoms with E-state index in [9.17, 15) is 0 Å². The second kappa shape index (κ2) is 15.8. The zero-order valence-electron chi connectivity index (χ0n) is 4.51. The molecule has 0 heterocycles. The lowest BCUT2D eigenvalue weighted by atomic mass is 10.9. The van der Waals surface area contributed by atoms with Crippen LogP contribution < -0.4 is 0 Å². The second-order valence-corrected chi connectivity index (χ2v) is 0.835. The molecule has 2 N–H and O–H groups in total. The Kier molecular flexibility index (Phi) is 30.9. The molecule has 0 rings (SSSR count). The number of hydrogen-bond acceptors (Lipinski definition) is 2. The van der Waals surface area contributed by atoms with Crippen molar-refractivity contribution in [1.82, 2.24) is 0 Å². The Labute approximate surface area is 59.5 Å². The lowest BCUT2D eigenvalue weighted by Gasteiger charge is -1.59. The predicted molar refractivity (Wildman–Crippen MR) is 36.0 cm³/mol. The molecule has 3 nitrogen and oxygen atoms in total. The maximum atomic E-state index is 9.00. The molecule has 0 fully saturated rings. The predicted octanol–water partition coefficient (Wildman–Crippen LogP) is -1.09. The van der Waals surface area contributed by atoms with Gasteiger partial charge in [-0.15, -0.1) is 0 Å². The Morgan fingerprint density at radius 2 is 1.62 bits per heavy atom. The summed E-state index contributed by atoms with van der Waals surface area (Å²) < 4.78 is 0. The number of rotatable bonds is 0. The summed E-state index contributed by atoms with van der Waals surface area (Å²) in [7, 11) is 0. The van der Waals surface area contributed by atoms with Gasteiger partial charge in [0.05, 0.1) is 0 Å². The van der Waals surface area contributed by atoms with E-state index >= 15 is 0 Å². The summed E-state index contributed by atoms with van der Waals surface area (Å²) in [6.07, 6.45) is 0. The van der Waals surface area contributed by atoms with Crippen LogP contribution in [0.25, 0.3) is 0 Å². The fraction of sp³-hybridized carbons (Fsp3) is 0.750. The van der Waals surface area contributed by atoms with Gasteiger partial charge in [-0.25, -0.2) is 0 Å². The van der Waals surface area contributed by atoms with Crippen molar-refractivity contribution < 1.29 is 15.0 Å². The molecule has 0 aliphatic rings. The third-order valence-electron chi connectivity index (χ3n) is 0. The van der Waals surface area contributed by atoms with Gasteiger partial charge in [0.2, 0.25) is 0 Å². The van der Waals surface area contributed by atoms with Crippen molar-refractivity contribution in [2.75, 3.05) is 6.61 Å². The van der Waals surface area contributed by atoms with E-state index < -0.39 is 5.97 Å². The van der Waals surface area contributed by atoms with Crippen molar-refractivity contribution in [2.24, 2.45) is 0 Å². The van der Waals surface area contributed by atoms with Crippen LogP contribution in [0.3, 0.4) is 0 Å². The highest BCUT2D eigenvalue weighted by atomic mass is 27.0. The van der Waals surface area contributed by atoms with Gasteiger partial charge in [-0.3, -0.25) is 4.79 Å². The standard InChI is InChI=1S/C2H4O2.C2H6O.Al.3H/c1-2(3)4;1-2-3;;;;/h1H3,(H,3,4);3H,2H2,1H3;;;;. The molecule has 0 aromatic heterocycles. The van der Waals surface area contributed by atoms with Crippen LogP contribution in [-0.4, -0.2) is 40.2 Å². The number of aliphatic carboxylic acids is 1. The summed E-state index contributed by atoms with van der Waals surface area (Å²) in [6.45, 7) is 3.01. The zero-order valence-corrected chi connectivity index (χ0v) is 4.51. The Morgan fingerprint density at radius 1 is 1.62 bits per heavy atom. The van der Waals surface area contributed by atoms with E-state index in [2.05, 4.69) is 0 Å². The van der Waals surface area contributed by atoms with Crippen LogP contribution in [0.1, 0.15) is 13.8 Å². The van der Waals surface area contributed by atoms with Gasteiger partial charge in [0.25, 0.3) is 5.97 Å². The molecule has 0 bridgehead atoms. The number of carbonyl (C=O) groups is 1. The lowest BCUT2D eigenvalue weighted by molar-refractivity contribution is -0.134. The van der Waals surface area contributed by atoms with Gasteiger partial charge < -0.3 is 10.2 Å². The Balaban J connectivity index is -0.0000000575. The third kappa shape index (κ3) is 104000. The maximum Gasteiger partial charge on any atom is 0.300 e. The van der Waals surface area contributed by atoms with Gasteiger partial charge >= 0.3 is 0 Å². The van der Waals surface area contributed by atoms with E-state index in [1.807, 2.05) is 0 Å². The second-order valence-electron chi connectivity index (χ2n) is 0.835. The van der Waals surface area contributed by atoms with E-state index in [1.54, 1.807) is 6.92 Å². The normalized spacial score (nSPS) is 5.38. The number of carboxylic acid groups (broad SMARTS) is 1. The van der Waals surface area contributed by atoms with E-state index in [0.717, 1.165) is 6.92 Å². The van der Waals surface area contributed by atoms with Gasteiger partial charge in [0, 0.05) is 13.5 Å². The molecule has 0 saturated carbocycles. The minimum atomic E-state index is -0.833. The summed E-state index contributed by atoms with van der Waals surface area (Å²) in [5.74, 6) is -0.833. The maximum absolute atomic E-state index is 9.00. The summed E-state index contributed by atoms with van der Waals surface area (Å²) in [5.41, 5.74) is 0. The number of carboxylic acids is 1. The van der Waals surface area contributed by atoms with Crippen molar-refractivity contribution in [2.45, 2.75) is 13.8 Å². The van der Waals surface area contributed by atoms with Crippen molar-refractivity contribution in [3.05, 3.63) is 0 Å². The van der Waals surface area contributed by atoms with Crippen LogP contribution >= 0.6 is 0 Å². The minimum absolute atomic E-state index is 0. The van der Waals surface area contributed by atoms with Crippen molar-refractivity contribution in [1.29, 1.82) is 0 Å². The molecule has 0 aromatic carbocycles. The largest absolute Gasteiger partial charge is 0.481 e. The molecule has 0 spiro atoms. The molecular weight excluding hydrogens is 123 g/mol. The van der Waals surface area contributed by atoms with Crippen molar-refractivity contribution in [3.8, 4) is 0 Å². The van der Waals surface area contributed by atoms with E-state index in [4.69, 9.17) is 15.0 Å². The first-order chi connectivity index (χ1) is 3.15. The molecule has 0 amide bonds. The fourth-order valence-electron chi connectivity index (χ4n) is 0. The van der Waals surface area contributed by atoms with Crippen LogP contribution in [0.4, 0.5) is 0 Å². The summed E-state index contributed by atoms with van der Waals surface area (Å²) in [6, 6.07) is 0. The molecule has 8 heavy (non-hydrogen) atoms. The van der Waals surface area contributed by atoms with Gasteiger partial charge in [-0.2, -0.15) is 0 Å². The highest BCUT2D eigenvalue weighted by Crippen LogP contribution is 1.42. The quantitative estimate of drug-likeness (QED) is 0.416. The van der Waals surface area contributed by atoms with Crippen LogP contribution in [0, 0.1) is 0 Å². The van der Waals surface area contributed by atoms with E-state index in [1.165, 1.54) is 0 Å². The molecule has 50 valence electrons. The van der Waals surface area contributed by atoms with Gasteiger partial charge in [-0.1, -0.05) is 0 Å². The molecular formula is C4H13AlO3. The molecule has 0 aromatic rings. The summed E-state index contributed by atoms with van der Waals surface area (Å²) >= 11 is 0.